The van der Waals surface area contributed by atoms with Crippen molar-refractivity contribution < 1.29 is 4.79 Å². The highest BCUT2D eigenvalue weighted by atomic mass is 32.2. The quantitative estimate of drug-likeness (QED) is 0.692. The number of rotatable bonds is 5. The number of hydrogen-bond acceptors (Lipinski definition) is 2. The Bertz CT molecular complexity index is 458. The van der Waals surface area contributed by atoms with Gasteiger partial charge in [-0.2, -0.15) is 11.8 Å². The molecular weight excluding hydrogens is 264 g/mol. The molecule has 0 aromatic heterocycles. The Morgan fingerprint density at radius 3 is 2.55 bits per heavy atom. The number of carbonyl (C=O) groups is 1. The van der Waals surface area contributed by atoms with Crippen LogP contribution in [0.1, 0.15) is 73.2 Å². The van der Waals surface area contributed by atoms with Gasteiger partial charge in [0.1, 0.15) is 0 Å². The molecule has 0 radical (unpaired) electrons. The van der Waals surface area contributed by atoms with E-state index in [0.717, 1.165) is 10.8 Å². The number of thioether (sulfide) groups is 1. The van der Waals surface area contributed by atoms with Crippen molar-refractivity contribution in [1.29, 1.82) is 0 Å². The number of Topliss-reactive ketones (excluding diaryl/α,β-unsaturated/α-hetero) is 1. The maximum absolute atomic E-state index is 12.3. The molecule has 0 N–H and O–H groups in total. The number of benzene rings is 1. The highest BCUT2D eigenvalue weighted by Gasteiger charge is 2.21. The Hall–Kier alpha value is -0.760. The van der Waals surface area contributed by atoms with Gasteiger partial charge in [-0.15, -0.1) is 0 Å². The molecule has 2 fully saturated rings. The third-order valence-electron chi connectivity index (χ3n) is 4.79. The molecule has 1 aromatic carbocycles. The van der Waals surface area contributed by atoms with Crippen LogP contribution < -0.4 is 0 Å². The monoisotopic (exact) mass is 288 g/mol. The third-order valence-corrected chi connectivity index (χ3v) is 6.16. The van der Waals surface area contributed by atoms with Crippen LogP contribution in [0.4, 0.5) is 0 Å². The summed E-state index contributed by atoms with van der Waals surface area (Å²) in [6.07, 6.45) is 10.6. The van der Waals surface area contributed by atoms with Crippen molar-refractivity contribution in [2.45, 2.75) is 62.5 Å². The molecule has 0 amide bonds. The predicted molar refractivity (Wildman–Crippen MR) is 86.7 cm³/mol. The van der Waals surface area contributed by atoms with Crippen LogP contribution in [0.5, 0.6) is 0 Å². The Morgan fingerprint density at radius 1 is 1.05 bits per heavy atom. The van der Waals surface area contributed by atoms with Crippen LogP contribution in [-0.4, -0.2) is 16.8 Å². The lowest BCUT2D eigenvalue weighted by Crippen LogP contribution is -2.13. The average molecular weight is 288 g/mol. The van der Waals surface area contributed by atoms with Crippen molar-refractivity contribution >= 4 is 17.5 Å². The summed E-state index contributed by atoms with van der Waals surface area (Å²) in [6.45, 7) is 0. The van der Waals surface area contributed by atoms with Crippen LogP contribution in [0, 0.1) is 0 Å². The number of carbonyl (C=O) groups excluding carboxylic acids is 1. The molecule has 0 aliphatic heterocycles. The van der Waals surface area contributed by atoms with Crippen LogP contribution >= 0.6 is 11.8 Å². The molecule has 0 bridgehead atoms. The summed E-state index contributed by atoms with van der Waals surface area (Å²) in [5, 5.41) is 0.725. The Labute approximate surface area is 126 Å². The largest absolute Gasteiger partial charge is 0.293 e. The van der Waals surface area contributed by atoms with E-state index in [1.807, 2.05) is 17.8 Å². The highest BCUT2D eigenvalue weighted by Crippen LogP contribution is 2.36. The first kappa shape index (κ1) is 14.2. The molecule has 2 saturated carbocycles. The molecule has 3 rings (SSSR count). The van der Waals surface area contributed by atoms with Crippen molar-refractivity contribution in [1.82, 2.24) is 0 Å². The molecule has 2 aliphatic rings. The maximum atomic E-state index is 12.3. The van der Waals surface area contributed by atoms with Crippen LogP contribution in [0.15, 0.2) is 24.3 Å². The number of hydrogen-bond donors (Lipinski definition) is 0. The lowest BCUT2D eigenvalue weighted by Gasteiger charge is -2.26. The second-order valence-corrected chi connectivity index (χ2v) is 7.54. The zero-order valence-electron chi connectivity index (χ0n) is 12.1. The fourth-order valence-electron chi connectivity index (χ4n) is 3.22. The Kier molecular flexibility index (Phi) is 4.82. The van der Waals surface area contributed by atoms with Crippen LogP contribution in [-0.2, 0) is 0 Å². The molecule has 0 spiro atoms. The minimum absolute atomic E-state index is 0.321. The molecule has 1 nitrogen and oxygen atoms in total. The smallest absolute Gasteiger partial charge is 0.172 e. The molecule has 2 heteroatoms. The lowest BCUT2D eigenvalue weighted by atomic mass is 9.79. The highest BCUT2D eigenvalue weighted by molar-refractivity contribution is 8.00. The summed E-state index contributed by atoms with van der Waals surface area (Å²) in [5.74, 6) is 1.70. The number of ketones is 1. The van der Waals surface area contributed by atoms with Crippen molar-refractivity contribution in [2.75, 3.05) is 5.75 Å². The van der Waals surface area contributed by atoms with Gasteiger partial charge < -0.3 is 0 Å². The van der Waals surface area contributed by atoms with E-state index in [1.54, 1.807) is 0 Å². The zero-order valence-corrected chi connectivity index (χ0v) is 13.0. The average Bonchev–Trinajstić information content (AvgIpc) is 2.44. The van der Waals surface area contributed by atoms with Gasteiger partial charge in [-0.1, -0.05) is 43.9 Å². The molecule has 20 heavy (non-hydrogen) atoms. The summed E-state index contributed by atoms with van der Waals surface area (Å²) in [6, 6.07) is 8.39. The Balaban J connectivity index is 1.55. The summed E-state index contributed by atoms with van der Waals surface area (Å²) in [4.78, 5) is 12.3. The van der Waals surface area contributed by atoms with E-state index >= 15 is 0 Å². The molecule has 0 atom stereocenters. The van der Waals surface area contributed by atoms with E-state index < -0.39 is 0 Å². The molecule has 0 unspecified atom stereocenters. The fourth-order valence-corrected chi connectivity index (χ4v) is 4.44. The molecule has 108 valence electrons. The van der Waals surface area contributed by atoms with Gasteiger partial charge >= 0.3 is 0 Å². The van der Waals surface area contributed by atoms with Gasteiger partial charge in [-0.05, 0) is 43.2 Å². The molecule has 1 aromatic rings. The van der Waals surface area contributed by atoms with E-state index in [1.165, 1.54) is 56.9 Å². The standard InChI is InChI=1S/C18H24OS/c19-18(13-20-17-10-2-1-3-11-17)16-9-5-8-15(12-16)14-6-4-7-14/h5,8-9,12,14,17H,1-4,6-7,10-11,13H2. The predicted octanol–water partition coefficient (Wildman–Crippen LogP) is 5.20. The minimum Gasteiger partial charge on any atom is -0.293 e. The fraction of sp³-hybridized carbons (Fsp3) is 0.611. The summed E-state index contributed by atoms with van der Waals surface area (Å²) < 4.78 is 0. The lowest BCUT2D eigenvalue weighted by molar-refractivity contribution is 0.102. The SMILES string of the molecule is O=C(CSC1CCCCC1)c1cccc(C2CCC2)c1. The topological polar surface area (TPSA) is 17.1 Å². The first-order valence-electron chi connectivity index (χ1n) is 8.08. The van der Waals surface area contributed by atoms with E-state index in [2.05, 4.69) is 18.2 Å². The van der Waals surface area contributed by atoms with Crippen molar-refractivity contribution in [2.24, 2.45) is 0 Å². The normalized spacial score (nSPS) is 20.6. The molecule has 0 heterocycles. The maximum Gasteiger partial charge on any atom is 0.172 e. The van der Waals surface area contributed by atoms with Crippen molar-refractivity contribution in [3.05, 3.63) is 35.4 Å². The van der Waals surface area contributed by atoms with Crippen molar-refractivity contribution in [3.8, 4) is 0 Å². The van der Waals surface area contributed by atoms with Gasteiger partial charge in [-0.25, -0.2) is 0 Å². The second-order valence-electron chi connectivity index (χ2n) is 6.25. The van der Waals surface area contributed by atoms with Crippen LogP contribution in [0.3, 0.4) is 0 Å². The van der Waals surface area contributed by atoms with Gasteiger partial charge in [0, 0.05) is 10.8 Å². The third kappa shape index (κ3) is 3.46. The second kappa shape index (κ2) is 6.80. The van der Waals surface area contributed by atoms with Crippen LogP contribution in [0.25, 0.3) is 0 Å². The van der Waals surface area contributed by atoms with Gasteiger partial charge in [0.05, 0.1) is 5.75 Å². The zero-order chi connectivity index (χ0) is 13.8. The van der Waals surface area contributed by atoms with E-state index in [-0.39, 0.29) is 0 Å². The summed E-state index contributed by atoms with van der Waals surface area (Å²) >= 11 is 1.88. The van der Waals surface area contributed by atoms with Crippen molar-refractivity contribution in [3.63, 3.8) is 0 Å². The van der Waals surface area contributed by atoms with Gasteiger partial charge in [-0.3, -0.25) is 4.79 Å². The molecule has 0 saturated heterocycles. The summed E-state index contributed by atoms with van der Waals surface area (Å²) in [5.41, 5.74) is 2.31. The van der Waals surface area contributed by atoms with E-state index in [4.69, 9.17) is 0 Å². The Morgan fingerprint density at radius 2 is 1.85 bits per heavy atom. The molecule has 2 aliphatic carbocycles. The van der Waals surface area contributed by atoms with E-state index in [0.29, 0.717) is 17.5 Å². The van der Waals surface area contributed by atoms with E-state index in [9.17, 15) is 4.79 Å². The van der Waals surface area contributed by atoms with Gasteiger partial charge in [0.2, 0.25) is 0 Å². The van der Waals surface area contributed by atoms with Gasteiger partial charge in [0.15, 0.2) is 5.78 Å². The molecular formula is C18H24OS. The first-order valence-corrected chi connectivity index (χ1v) is 9.12. The minimum atomic E-state index is 0.321. The van der Waals surface area contributed by atoms with Crippen LogP contribution in [0.2, 0.25) is 0 Å². The first-order chi connectivity index (χ1) is 9.83. The van der Waals surface area contributed by atoms with Gasteiger partial charge in [0.25, 0.3) is 0 Å². The summed E-state index contributed by atoms with van der Waals surface area (Å²) in [7, 11) is 0.